The predicted octanol–water partition coefficient (Wildman–Crippen LogP) is 6.14. The lowest BCUT2D eigenvalue weighted by molar-refractivity contribution is 0.294. The summed E-state index contributed by atoms with van der Waals surface area (Å²) in [5.74, 6) is 2.02. The van der Waals surface area contributed by atoms with Gasteiger partial charge in [-0.2, -0.15) is 5.26 Å². The highest BCUT2D eigenvalue weighted by Gasteiger charge is 2.29. The molecule has 0 saturated heterocycles. The van der Waals surface area contributed by atoms with Crippen LogP contribution in [0.1, 0.15) is 55.2 Å². The number of rotatable bonds is 6. The van der Waals surface area contributed by atoms with Gasteiger partial charge in [0.05, 0.1) is 24.8 Å². The number of nitriles is 1. The summed E-state index contributed by atoms with van der Waals surface area (Å²) in [6.45, 7) is 4.89. The van der Waals surface area contributed by atoms with Crippen molar-refractivity contribution < 1.29 is 4.74 Å². The molecule has 1 heterocycles. The molecule has 0 bridgehead atoms. The topological polar surface area (TPSA) is 36.3 Å². The third kappa shape index (κ3) is 4.54. The molecule has 1 fully saturated rings. The van der Waals surface area contributed by atoms with Crippen LogP contribution in [0, 0.1) is 17.2 Å². The van der Waals surface area contributed by atoms with Crippen LogP contribution in [-0.4, -0.2) is 19.7 Å². The number of benzene rings is 2. The molecule has 4 heteroatoms. The van der Waals surface area contributed by atoms with Gasteiger partial charge < -0.3 is 9.64 Å². The lowest BCUT2D eigenvalue weighted by atomic mass is 9.84. The molecular formula is C25H29ClN2O. The lowest BCUT2D eigenvalue weighted by Gasteiger charge is -2.35. The molecule has 0 spiro atoms. The molecule has 3 nitrogen and oxygen atoms in total. The molecule has 152 valence electrons. The predicted molar refractivity (Wildman–Crippen MR) is 119 cm³/mol. The van der Waals surface area contributed by atoms with Crippen molar-refractivity contribution in [3.8, 4) is 11.8 Å². The molecular weight excluding hydrogens is 380 g/mol. The van der Waals surface area contributed by atoms with Crippen LogP contribution in [-0.2, 0) is 12.8 Å². The number of nitrogens with zero attached hydrogens (tertiary/aromatic N) is 2. The van der Waals surface area contributed by atoms with E-state index in [1.807, 2.05) is 18.2 Å². The minimum atomic E-state index is 0.306. The Morgan fingerprint density at radius 1 is 1.21 bits per heavy atom. The summed E-state index contributed by atoms with van der Waals surface area (Å²) >= 11 is 6.30. The summed E-state index contributed by atoms with van der Waals surface area (Å²) in [6, 6.07) is 14.8. The Morgan fingerprint density at radius 3 is 2.79 bits per heavy atom. The molecule has 2 aliphatic rings. The van der Waals surface area contributed by atoms with Gasteiger partial charge in [-0.25, -0.2) is 0 Å². The number of fused-ring (bicyclic) bond motifs is 1. The fraction of sp³-hybridized carbons (Fsp3) is 0.480. The number of aryl methyl sites for hydroxylation is 1. The van der Waals surface area contributed by atoms with Gasteiger partial charge in [0.15, 0.2) is 0 Å². The van der Waals surface area contributed by atoms with Crippen LogP contribution < -0.4 is 9.64 Å². The largest absolute Gasteiger partial charge is 0.491 e. The number of ether oxygens (including phenoxy) is 1. The van der Waals surface area contributed by atoms with Crippen LogP contribution in [0.4, 0.5) is 5.69 Å². The highest BCUT2D eigenvalue weighted by Crippen LogP contribution is 2.39. The number of anilines is 1. The number of hydrogen-bond donors (Lipinski definition) is 0. The Labute approximate surface area is 179 Å². The second kappa shape index (κ2) is 9.09. The maximum absolute atomic E-state index is 9.13. The third-order valence-electron chi connectivity index (χ3n) is 6.30. The van der Waals surface area contributed by atoms with E-state index < -0.39 is 0 Å². The molecule has 4 rings (SSSR count). The molecule has 1 unspecified atom stereocenters. The van der Waals surface area contributed by atoms with Gasteiger partial charge in [-0.15, -0.1) is 0 Å². The zero-order valence-electron chi connectivity index (χ0n) is 17.2. The van der Waals surface area contributed by atoms with Crippen LogP contribution in [0.15, 0.2) is 36.4 Å². The molecule has 29 heavy (non-hydrogen) atoms. The summed E-state index contributed by atoms with van der Waals surface area (Å²) in [5, 5.41) is 9.93. The van der Waals surface area contributed by atoms with E-state index in [0.29, 0.717) is 18.9 Å². The van der Waals surface area contributed by atoms with E-state index in [9.17, 15) is 0 Å². The normalized spacial score (nSPS) is 18.9. The molecule has 0 radical (unpaired) electrons. The maximum Gasteiger partial charge on any atom is 0.142 e. The second-order valence-electron chi connectivity index (χ2n) is 8.44. The first-order valence-corrected chi connectivity index (χ1v) is 11.2. The van der Waals surface area contributed by atoms with Gasteiger partial charge >= 0.3 is 0 Å². The van der Waals surface area contributed by atoms with E-state index in [-0.39, 0.29) is 0 Å². The summed E-state index contributed by atoms with van der Waals surface area (Å²) in [5.41, 5.74) is 4.91. The SMILES string of the molecule is CCCc1cc(Cl)ccc1C1COc2ccc(CC#N)cc2N(CC2CCC2)C1. The Morgan fingerprint density at radius 2 is 2.07 bits per heavy atom. The van der Waals surface area contributed by atoms with Gasteiger partial charge in [-0.3, -0.25) is 0 Å². The Balaban J connectivity index is 1.67. The average Bonchev–Trinajstić information content (AvgIpc) is 2.85. The van der Waals surface area contributed by atoms with E-state index in [2.05, 4.69) is 36.1 Å². The standard InChI is InChI=1S/C25H29ClN2O/c1-2-4-20-14-22(26)8-9-23(20)21-16-28(15-19-5-3-6-19)24-13-18(11-12-27)7-10-25(24)29-17-21/h7-10,13-14,19,21H,2-6,11,15-17H2,1H3. The molecule has 0 aromatic heterocycles. The highest BCUT2D eigenvalue weighted by atomic mass is 35.5. The molecule has 0 N–H and O–H groups in total. The van der Waals surface area contributed by atoms with E-state index in [4.69, 9.17) is 21.6 Å². The van der Waals surface area contributed by atoms with Gasteiger partial charge in [-0.1, -0.05) is 43.5 Å². The van der Waals surface area contributed by atoms with Gasteiger partial charge in [0, 0.05) is 24.0 Å². The Kier molecular flexibility index (Phi) is 6.31. The molecule has 2 aromatic rings. The fourth-order valence-corrected chi connectivity index (χ4v) is 4.74. The monoisotopic (exact) mass is 408 g/mol. The van der Waals surface area contributed by atoms with E-state index in [0.717, 1.165) is 53.9 Å². The smallest absolute Gasteiger partial charge is 0.142 e. The maximum atomic E-state index is 9.13. The molecule has 2 aromatic carbocycles. The average molecular weight is 409 g/mol. The Bertz CT molecular complexity index is 900. The van der Waals surface area contributed by atoms with Crippen molar-refractivity contribution in [1.29, 1.82) is 5.26 Å². The first kappa shape index (κ1) is 20.1. The number of hydrogen-bond acceptors (Lipinski definition) is 3. The Hall–Kier alpha value is -2.18. The molecule has 1 saturated carbocycles. The van der Waals surface area contributed by atoms with Crippen molar-refractivity contribution in [2.75, 3.05) is 24.6 Å². The minimum absolute atomic E-state index is 0.306. The molecule has 1 aliphatic carbocycles. The van der Waals surface area contributed by atoms with Crippen molar-refractivity contribution >= 4 is 17.3 Å². The molecule has 1 atom stereocenters. The first-order valence-electron chi connectivity index (χ1n) is 10.8. The van der Waals surface area contributed by atoms with Crippen LogP contribution >= 0.6 is 11.6 Å². The van der Waals surface area contributed by atoms with Crippen molar-refractivity contribution in [2.24, 2.45) is 5.92 Å². The van der Waals surface area contributed by atoms with Gasteiger partial charge in [0.2, 0.25) is 0 Å². The van der Waals surface area contributed by atoms with Crippen LogP contribution in [0.5, 0.6) is 5.75 Å². The van der Waals surface area contributed by atoms with Gasteiger partial charge in [0.1, 0.15) is 5.75 Å². The summed E-state index contributed by atoms with van der Waals surface area (Å²) in [6.07, 6.45) is 6.55. The van der Waals surface area contributed by atoms with Crippen LogP contribution in [0.2, 0.25) is 5.02 Å². The summed E-state index contributed by atoms with van der Waals surface area (Å²) < 4.78 is 6.32. The lowest BCUT2D eigenvalue weighted by Crippen LogP contribution is -2.35. The van der Waals surface area contributed by atoms with Gasteiger partial charge in [0.25, 0.3) is 0 Å². The van der Waals surface area contributed by atoms with E-state index in [1.165, 1.54) is 30.4 Å². The van der Waals surface area contributed by atoms with Crippen molar-refractivity contribution in [3.63, 3.8) is 0 Å². The van der Waals surface area contributed by atoms with E-state index in [1.54, 1.807) is 0 Å². The van der Waals surface area contributed by atoms with Crippen LogP contribution in [0.3, 0.4) is 0 Å². The summed E-state index contributed by atoms with van der Waals surface area (Å²) in [7, 11) is 0. The second-order valence-corrected chi connectivity index (χ2v) is 8.88. The molecule has 1 aliphatic heterocycles. The van der Waals surface area contributed by atoms with Crippen molar-refractivity contribution in [3.05, 3.63) is 58.1 Å². The zero-order chi connectivity index (χ0) is 20.2. The third-order valence-corrected chi connectivity index (χ3v) is 6.53. The van der Waals surface area contributed by atoms with Gasteiger partial charge in [-0.05, 0) is 66.1 Å². The van der Waals surface area contributed by atoms with E-state index >= 15 is 0 Å². The molecule has 0 amide bonds. The van der Waals surface area contributed by atoms with Crippen molar-refractivity contribution in [2.45, 2.75) is 51.4 Å². The summed E-state index contributed by atoms with van der Waals surface area (Å²) in [4.78, 5) is 2.52. The first-order chi connectivity index (χ1) is 14.2. The zero-order valence-corrected chi connectivity index (χ0v) is 17.9. The minimum Gasteiger partial charge on any atom is -0.491 e. The van der Waals surface area contributed by atoms with Crippen molar-refractivity contribution in [1.82, 2.24) is 0 Å². The highest BCUT2D eigenvalue weighted by molar-refractivity contribution is 6.30. The fourth-order valence-electron chi connectivity index (χ4n) is 4.55. The number of halogens is 1. The van der Waals surface area contributed by atoms with Crippen LogP contribution in [0.25, 0.3) is 0 Å². The quantitative estimate of drug-likeness (QED) is 0.575.